The van der Waals surface area contributed by atoms with E-state index in [1.54, 1.807) is 6.92 Å². The van der Waals surface area contributed by atoms with Gasteiger partial charge in [0.2, 0.25) is 0 Å². The van der Waals surface area contributed by atoms with Crippen LogP contribution in [-0.4, -0.2) is 11.2 Å². The lowest BCUT2D eigenvalue weighted by Gasteiger charge is -2.01. The van der Waals surface area contributed by atoms with Gasteiger partial charge in [0.25, 0.3) is 0 Å². The first kappa shape index (κ1) is 7.16. The highest BCUT2D eigenvalue weighted by Gasteiger charge is 2.01. The molecule has 8 heavy (non-hydrogen) atoms. The van der Waals surface area contributed by atoms with E-state index in [2.05, 4.69) is 0 Å². The Morgan fingerprint density at radius 1 is 2.00 bits per heavy atom. The van der Waals surface area contributed by atoms with E-state index >= 15 is 0 Å². The average Bonchev–Trinajstić information content (AvgIpc) is 1.65. The third kappa shape index (κ3) is 3.35. The lowest BCUT2D eigenvalue weighted by Crippen LogP contribution is -2.40. The highest BCUT2D eigenvalue weighted by Crippen LogP contribution is 1.76. The number of hydrazine groups is 1. The van der Waals surface area contributed by atoms with E-state index in [1.807, 2.05) is 5.43 Å². The second-order valence-electron chi connectivity index (χ2n) is 1.40. The number of hydrogen-bond donors (Lipinski definition) is 2. The number of rotatable bonds is 3. The fourth-order valence-electron chi connectivity index (χ4n) is 0.227. The van der Waals surface area contributed by atoms with Gasteiger partial charge in [0.15, 0.2) is 5.03 Å². The molecule has 3 N–H and O–H groups in total. The molecule has 48 valence electrons. The van der Waals surface area contributed by atoms with Crippen LogP contribution in [-0.2, 0) is 0 Å². The molecule has 0 radical (unpaired) electrons. The SMILES string of the molecule is CCC(N)N[N+](=O)[O-]. The zero-order chi connectivity index (χ0) is 6.57. The minimum Gasteiger partial charge on any atom is -0.307 e. The van der Waals surface area contributed by atoms with Gasteiger partial charge in [-0.15, -0.1) is 5.43 Å². The molecule has 0 fully saturated rings. The molecule has 0 aliphatic carbocycles. The molecule has 0 aromatic rings. The van der Waals surface area contributed by atoms with Crippen molar-refractivity contribution in [2.75, 3.05) is 0 Å². The van der Waals surface area contributed by atoms with Crippen LogP contribution in [0.4, 0.5) is 0 Å². The summed E-state index contributed by atoms with van der Waals surface area (Å²) in [5, 5.41) is 8.94. The smallest absolute Gasteiger partial charge is 0.159 e. The lowest BCUT2D eigenvalue weighted by molar-refractivity contribution is -0.551. The number of nitro groups is 1. The van der Waals surface area contributed by atoms with Crippen molar-refractivity contribution < 1.29 is 5.03 Å². The Morgan fingerprint density at radius 3 is 2.62 bits per heavy atom. The molecule has 5 heteroatoms. The number of nitrogens with two attached hydrogens (primary N) is 1. The topological polar surface area (TPSA) is 81.2 Å². The van der Waals surface area contributed by atoms with E-state index in [1.165, 1.54) is 0 Å². The summed E-state index contributed by atoms with van der Waals surface area (Å²) in [6.45, 7) is 1.77. The van der Waals surface area contributed by atoms with Gasteiger partial charge in [0, 0.05) is 0 Å². The van der Waals surface area contributed by atoms with E-state index in [0.29, 0.717) is 6.42 Å². The minimum absolute atomic E-state index is 0.523. The standard InChI is InChI=1S/C3H9N3O2/c1-2-3(4)5-6(7)8/h3,5H,2,4H2,1H3. The zero-order valence-corrected chi connectivity index (χ0v) is 4.63. The molecule has 0 spiro atoms. The third-order valence-corrected chi connectivity index (χ3v) is 0.711. The molecule has 0 rings (SSSR count). The number of nitrogens with zero attached hydrogens (tertiary/aromatic N) is 1. The van der Waals surface area contributed by atoms with Crippen molar-refractivity contribution >= 4 is 0 Å². The van der Waals surface area contributed by atoms with Crippen LogP contribution in [0, 0.1) is 10.1 Å². The van der Waals surface area contributed by atoms with E-state index in [-0.39, 0.29) is 0 Å². The molecule has 0 aliphatic rings. The van der Waals surface area contributed by atoms with E-state index < -0.39 is 11.2 Å². The summed E-state index contributed by atoms with van der Waals surface area (Å²) in [4.78, 5) is 9.58. The summed E-state index contributed by atoms with van der Waals surface area (Å²) in [6.07, 6.45) is 0.0334. The van der Waals surface area contributed by atoms with Crippen molar-refractivity contribution in [2.45, 2.75) is 19.5 Å². The fraction of sp³-hybridized carbons (Fsp3) is 1.00. The average molecular weight is 119 g/mol. The van der Waals surface area contributed by atoms with Crippen molar-refractivity contribution in [3.05, 3.63) is 10.1 Å². The Kier molecular flexibility index (Phi) is 2.86. The quantitative estimate of drug-likeness (QED) is 0.297. The molecule has 0 amide bonds. The van der Waals surface area contributed by atoms with Crippen LogP contribution in [0.3, 0.4) is 0 Å². The Hall–Kier alpha value is -0.840. The fourth-order valence-corrected chi connectivity index (χ4v) is 0.227. The molecule has 5 nitrogen and oxygen atoms in total. The zero-order valence-electron chi connectivity index (χ0n) is 4.63. The molecular weight excluding hydrogens is 110 g/mol. The van der Waals surface area contributed by atoms with Gasteiger partial charge in [-0.05, 0) is 6.42 Å². The first-order valence-electron chi connectivity index (χ1n) is 2.33. The van der Waals surface area contributed by atoms with Gasteiger partial charge in [-0.2, -0.15) is 0 Å². The predicted octanol–water partition coefficient (Wildman–Crippen LogP) is -0.538. The monoisotopic (exact) mass is 119 g/mol. The van der Waals surface area contributed by atoms with E-state index in [0.717, 1.165) is 0 Å². The summed E-state index contributed by atoms with van der Waals surface area (Å²) in [6, 6.07) is 0. The second kappa shape index (κ2) is 3.20. The Bertz CT molecular complexity index is 84.6. The number of nitrogens with one attached hydrogen (secondary N) is 1. The molecule has 0 bridgehead atoms. The van der Waals surface area contributed by atoms with Crippen LogP contribution < -0.4 is 11.2 Å². The summed E-state index contributed by atoms with van der Waals surface area (Å²) in [5.41, 5.74) is 7.01. The van der Waals surface area contributed by atoms with Crippen LogP contribution in [0.2, 0.25) is 0 Å². The van der Waals surface area contributed by atoms with E-state index in [9.17, 15) is 10.1 Å². The summed E-state index contributed by atoms with van der Waals surface area (Å²) in [7, 11) is 0. The minimum atomic E-state index is -0.645. The Labute approximate surface area is 47.0 Å². The largest absolute Gasteiger partial charge is 0.307 e. The summed E-state index contributed by atoms with van der Waals surface area (Å²) < 4.78 is 0. The molecule has 1 atom stereocenters. The molecule has 0 aromatic carbocycles. The molecular formula is C3H9N3O2. The van der Waals surface area contributed by atoms with Crippen molar-refractivity contribution in [2.24, 2.45) is 5.73 Å². The van der Waals surface area contributed by atoms with Crippen molar-refractivity contribution in [3.63, 3.8) is 0 Å². The third-order valence-electron chi connectivity index (χ3n) is 0.711. The highest BCUT2D eigenvalue weighted by molar-refractivity contribution is 4.43. The van der Waals surface area contributed by atoms with Gasteiger partial charge >= 0.3 is 0 Å². The molecule has 1 unspecified atom stereocenters. The summed E-state index contributed by atoms with van der Waals surface area (Å²) in [5.74, 6) is 0. The van der Waals surface area contributed by atoms with Crippen LogP contribution in [0.25, 0.3) is 0 Å². The Balaban J connectivity index is 3.24. The molecule has 0 aliphatic heterocycles. The first-order chi connectivity index (χ1) is 3.66. The van der Waals surface area contributed by atoms with Crippen molar-refractivity contribution in [1.82, 2.24) is 5.43 Å². The van der Waals surface area contributed by atoms with Crippen LogP contribution >= 0.6 is 0 Å². The lowest BCUT2D eigenvalue weighted by atomic mass is 10.4. The van der Waals surface area contributed by atoms with Crippen molar-refractivity contribution in [3.8, 4) is 0 Å². The predicted molar refractivity (Wildman–Crippen MR) is 28.4 cm³/mol. The van der Waals surface area contributed by atoms with Gasteiger partial charge in [0.05, 0.1) is 0 Å². The molecule has 0 saturated carbocycles. The van der Waals surface area contributed by atoms with E-state index in [4.69, 9.17) is 5.73 Å². The van der Waals surface area contributed by atoms with Gasteiger partial charge in [-0.25, -0.2) is 10.1 Å². The maximum absolute atomic E-state index is 9.58. The molecule has 0 heterocycles. The normalized spacial score (nSPS) is 12.8. The second-order valence-corrected chi connectivity index (χ2v) is 1.40. The maximum Gasteiger partial charge on any atom is 0.159 e. The van der Waals surface area contributed by atoms with Crippen LogP contribution in [0.5, 0.6) is 0 Å². The first-order valence-corrected chi connectivity index (χ1v) is 2.33. The van der Waals surface area contributed by atoms with Gasteiger partial charge in [0.1, 0.15) is 6.17 Å². The van der Waals surface area contributed by atoms with Crippen molar-refractivity contribution in [1.29, 1.82) is 0 Å². The maximum atomic E-state index is 9.58. The van der Waals surface area contributed by atoms with Gasteiger partial charge < -0.3 is 5.73 Å². The number of hydrogen-bond acceptors (Lipinski definition) is 3. The molecule has 0 aromatic heterocycles. The summed E-state index contributed by atoms with van der Waals surface area (Å²) >= 11 is 0. The molecule has 0 saturated heterocycles. The highest BCUT2D eigenvalue weighted by atomic mass is 16.7. The van der Waals surface area contributed by atoms with Gasteiger partial charge in [-0.1, -0.05) is 6.92 Å². The van der Waals surface area contributed by atoms with Crippen LogP contribution in [0.15, 0.2) is 0 Å². The van der Waals surface area contributed by atoms with Crippen LogP contribution in [0.1, 0.15) is 13.3 Å². The Morgan fingerprint density at radius 2 is 2.50 bits per heavy atom. The van der Waals surface area contributed by atoms with Gasteiger partial charge in [-0.3, -0.25) is 0 Å².